The molecule has 0 aromatic heterocycles. The molecule has 9 nitrogen and oxygen atoms in total. The van der Waals surface area contributed by atoms with E-state index in [1.165, 1.54) is 7.11 Å². The van der Waals surface area contributed by atoms with Crippen LogP contribution in [0.25, 0.3) is 0 Å². The van der Waals surface area contributed by atoms with Gasteiger partial charge in [0, 0.05) is 30.6 Å². The monoisotopic (exact) mass is 538 g/mol. The first kappa shape index (κ1) is 28.6. The van der Waals surface area contributed by atoms with Crippen molar-refractivity contribution in [2.24, 2.45) is 5.92 Å². The van der Waals surface area contributed by atoms with Gasteiger partial charge in [-0.25, -0.2) is 0 Å². The van der Waals surface area contributed by atoms with Crippen molar-refractivity contribution in [2.75, 3.05) is 20.3 Å². The van der Waals surface area contributed by atoms with E-state index in [0.29, 0.717) is 28.2 Å². The van der Waals surface area contributed by atoms with E-state index in [1.807, 2.05) is 45.0 Å². The third-order valence-corrected chi connectivity index (χ3v) is 7.23. The summed E-state index contributed by atoms with van der Waals surface area (Å²) in [5.41, 5.74) is 3.51. The number of carbonyl (C=O) groups is 2. The highest BCUT2D eigenvalue weighted by Gasteiger charge is 2.51. The number of carbonyl (C=O) groups excluding carboxylic acids is 2. The van der Waals surface area contributed by atoms with Gasteiger partial charge in [0.05, 0.1) is 32.3 Å². The summed E-state index contributed by atoms with van der Waals surface area (Å²) in [6.07, 6.45) is -0.0972. The number of benzene rings is 2. The van der Waals surface area contributed by atoms with Gasteiger partial charge in [0.2, 0.25) is 11.8 Å². The number of ether oxygens (including phenoxy) is 2. The van der Waals surface area contributed by atoms with Crippen molar-refractivity contribution >= 4 is 11.8 Å². The molecule has 0 bridgehead atoms. The summed E-state index contributed by atoms with van der Waals surface area (Å²) < 4.78 is 11.8. The predicted octanol–water partition coefficient (Wildman–Crippen LogP) is 2.19. The number of hydrogen-bond donors (Lipinski definition) is 4. The molecule has 1 aliphatic heterocycles. The lowest BCUT2D eigenvalue weighted by Crippen LogP contribution is -2.55. The summed E-state index contributed by atoms with van der Waals surface area (Å²) in [5.74, 6) is -0.355. The van der Waals surface area contributed by atoms with Crippen LogP contribution in [0, 0.1) is 12.8 Å². The van der Waals surface area contributed by atoms with Crippen LogP contribution in [0.15, 0.2) is 48.0 Å². The van der Waals surface area contributed by atoms with Crippen LogP contribution in [0.5, 0.6) is 11.5 Å². The Kier molecular flexibility index (Phi) is 8.94. The van der Waals surface area contributed by atoms with E-state index in [9.17, 15) is 24.9 Å². The molecule has 0 spiro atoms. The molecule has 2 aromatic carbocycles. The van der Waals surface area contributed by atoms with E-state index in [0.717, 1.165) is 11.1 Å². The Hall–Kier alpha value is -3.40. The first-order chi connectivity index (χ1) is 18.7. The van der Waals surface area contributed by atoms with E-state index < -0.39 is 30.1 Å². The van der Waals surface area contributed by atoms with Gasteiger partial charge < -0.3 is 35.0 Å². The third-order valence-electron chi connectivity index (χ3n) is 7.23. The second kappa shape index (κ2) is 12.2. The van der Waals surface area contributed by atoms with Gasteiger partial charge in [0.1, 0.15) is 12.2 Å². The molecule has 0 saturated carbocycles. The maximum atomic E-state index is 13.6. The molecule has 0 saturated heterocycles. The Morgan fingerprint density at radius 2 is 1.85 bits per heavy atom. The second-order valence-electron chi connectivity index (χ2n) is 10.6. The van der Waals surface area contributed by atoms with E-state index >= 15 is 0 Å². The zero-order valence-electron chi connectivity index (χ0n) is 22.9. The van der Waals surface area contributed by atoms with Crippen LogP contribution < -0.4 is 14.8 Å². The van der Waals surface area contributed by atoms with Crippen molar-refractivity contribution in [1.82, 2.24) is 10.2 Å². The van der Waals surface area contributed by atoms with Gasteiger partial charge in [-0.1, -0.05) is 43.7 Å². The van der Waals surface area contributed by atoms with E-state index in [-0.39, 0.29) is 44.5 Å². The average molecular weight is 539 g/mol. The van der Waals surface area contributed by atoms with Crippen LogP contribution >= 0.6 is 0 Å². The normalized spacial score (nSPS) is 21.5. The number of aryl methyl sites for hydroxylation is 1. The fourth-order valence-corrected chi connectivity index (χ4v) is 5.34. The standard InChI is InChI=1S/C30H38N2O7/c1-17(2)11-25(35)32(15-19-7-5-18(3)6-8-19)23-14-22(30(37)31-9-10-33)26-21-12-20(16-34)13-24(38-4)28(21)39-29(26)27(23)36/h5-8,12-14,17,23,26-27,29,33-34,36H,9-11,15-16H2,1-4H3,(H,31,37). The number of aliphatic hydroxyl groups is 3. The highest BCUT2D eigenvalue weighted by molar-refractivity contribution is 5.96. The Labute approximate surface area is 229 Å². The summed E-state index contributed by atoms with van der Waals surface area (Å²) >= 11 is 0. The minimum atomic E-state index is -1.15. The number of methoxy groups -OCH3 is 1. The summed E-state index contributed by atoms with van der Waals surface area (Å²) in [7, 11) is 1.49. The number of aliphatic hydroxyl groups excluding tert-OH is 3. The lowest BCUT2D eigenvalue weighted by atomic mass is 9.77. The fourth-order valence-electron chi connectivity index (χ4n) is 5.34. The second-order valence-corrected chi connectivity index (χ2v) is 10.6. The predicted molar refractivity (Wildman–Crippen MR) is 145 cm³/mol. The van der Waals surface area contributed by atoms with Crippen LogP contribution in [0.2, 0.25) is 0 Å². The van der Waals surface area contributed by atoms with Crippen molar-refractivity contribution in [2.45, 2.75) is 64.5 Å². The first-order valence-corrected chi connectivity index (χ1v) is 13.3. The maximum Gasteiger partial charge on any atom is 0.247 e. The van der Waals surface area contributed by atoms with Crippen LogP contribution in [0.4, 0.5) is 0 Å². The molecule has 2 aliphatic rings. The van der Waals surface area contributed by atoms with Crippen molar-refractivity contribution in [3.8, 4) is 11.5 Å². The number of amides is 2. The molecule has 2 aromatic rings. The van der Waals surface area contributed by atoms with Gasteiger partial charge in [-0.15, -0.1) is 0 Å². The van der Waals surface area contributed by atoms with Gasteiger partial charge in [-0.3, -0.25) is 9.59 Å². The summed E-state index contributed by atoms with van der Waals surface area (Å²) in [5, 5.41) is 33.6. The zero-order valence-corrected chi connectivity index (χ0v) is 22.9. The Balaban J connectivity index is 1.81. The van der Waals surface area contributed by atoms with Gasteiger partial charge in [0.25, 0.3) is 0 Å². The van der Waals surface area contributed by atoms with E-state index in [2.05, 4.69) is 5.32 Å². The molecule has 1 aliphatic carbocycles. The highest BCUT2D eigenvalue weighted by atomic mass is 16.5. The number of rotatable bonds is 10. The quantitative estimate of drug-likeness (QED) is 0.365. The van der Waals surface area contributed by atoms with E-state index in [4.69, 9.17) is 9.47 Å². The molecular weight excluding hydrogens is 500 g/mol. The Bertz CT molecular complexity index is 1220. The number of nitrogens with zero attached hydrogens (tertiary/aromatic N) is 1. The van der Waals surface area contributed by atoms with Crippen molar-refractivity contribution in [3.05, 3.63) is 70.3 Å². The number of hydrogen-bond acceptors (Lipinski definition) is 7. The number of nitrogens with one attached hydrogen (secondary N) is 1. The van der Waals surface area contributed by atoms with Gasteiger partial charge in [0.15, 0.2) is 11.5 Å². The molecule has 4 atom stereocenters. The molecule has 0 radical (unpaired) electrons. The Morgan fingerprint density at radius 3 is 2.46 bits per heavy atom. The molecule has 2 amide bonds. The van der Waals surface area contributed by atoms with Crippen LogP contribution in [-0.2, 0) is 22.7 Å². The molecule has 210 valence electrons. The summed E-state index contributed by atoms with van der Waals surface area (Å²) in [6.45, 7) is 5.73. The molecule has 1 heterocycles. The lowest BCUT2D eigenvalue weighted by molar-refractivity contribution is -0.138. The Morgan fingerprint density at radius 1 is 1.13 bits per heavy atom. The van der Waals surface area contributed by atoms with Gasteiger partial charge >= 0.3 is 0 Å². The molecule has 9 heteroatoms. The molecule has 39 heavy (non-hydrogen) atoms. The molecule has 4 N–H and O–H groups in total. The zero-order chi connectivity index (χ0) is 28.3. The minimum absolute atomic E-state index is 0.0495. The third kappa shape index (κ3) is 5.95. The summed E-state index contributed by atoms with van der Waals surface area (Å²) in [4.78, 5) is 28.6. The SMILES string of the molecule is COc1cc(CO)cc2c1OC1C2C(C(=O)NCCO)=CC(N(Cc2ccc(C)cc2)C(=O)CC(C)C)C1O. The molecule has 0 fully saturated rings. The fraction of sp³-hybridized carbons (Fsp3) is 0.467. The largest absolute Gasteiger partial charge is 0.493 e. The highest BCUT2D eigenvalue weighted by Crippen LogP contribution is 2.51. The maximum absolute atomic E-state index is 13.6. The van der Waals surface area contributed by atoms with Crippen LogP contribution in [0.3, 0.4) is 0 Å². The molecular formula is C30H38N2O7. The minimum Gasteiger partial charge on any atom is -0.493 e. The average Bonchev–Trinajstić information content (AvgIpc) is 3.31. The lowest BCUT2D eigenvalue weighted by Gasteiger charge is -2.41. The summed E-state index contributed by atoms with van der Waals surface area (Å²) in [6, 6.07) is 10.4. The van der Waals surface area contributed by atoms with E-state index in [1.54, 1.807) is 23.1 Å². The van der Waals surface area contributed by atoms with Crippen molar-refractivity contribution in [3.63, 3.8) is 0 Å². The molecule has 4 rings (SSSR count). The van der Waals surface area contributed by atoms with Gasteiger partial charge in [-0.05, 0) is 42.2 Å². The van der Waals surface area contributed by atoms with Crippen LogP contribution in [-0.4, -0.2) is 70.5 Å². The topological polar surface area (TPSA) is 129 Å². The van der Waals surface area contributed by atoms with Crippen LogP contribution in [0.1, 0.15) is 48.4 Å². The molecule has 4 unspecified atom stereocenters. The van der Waals surface area contributed by atoms with Gasteiger partial charge in [-0.2, -0.15) is 0 Å². The van der Waals surface area contributed by atoms with Crippen molar-refractivity contribution < 1.29 is 34.4 Å². The first-order valence-electron chi connectivity index (χ1n) is 13.3. The smallest absolute Gasteiger partial charge is 0.247 e. The van der Waals surface area contributed by atoms with Crippen molar-refractivity contribution in [1.29, 1.82) is 0 Å². The number of fused-ring (bicyclic) bond motifs is 3.